The zero-order valence-electron chi connectivity index (χ0n) is 13.8. The Balaban J connectivity index is 0.00000192. The Hall–Kier alpha value is -1.26. The number of nitrogens with one attached hydrogen (secondary N) is 1. The minimum atomic E-state index is 0. The highest BCUT2D eigenvalue weighted by atomic mass is 35.5. The van der Waals surface area contributed by atoms with Crippen molar-refractivity contribution >= 4 is 18.3 Å². The van der Waals surface area contributed by atoms with Crippen LogP contribution in [0.5, 0.6) is 5.75 Å². The maximum Gasteiger partial charge on any atom is 0.260 e. The van der Waals surface area contributed by atoms with Gasteiger partial charge >= 0.3 is 0 Å². The van der Waals surface area contributed by atoms with Crippen LogP contribution in [0.3, 0.4) is 0 Å². The van der Waals surface area contributed by atoms with Gasteiger partial charge in [0.05, 0.1) is 0 Å². The number of fused-ring (bicyclic) bond motifs is 1. The molecule has 0 saturated carbocycles. The summed E-state index contributed by atoms with van der Waals surface area (Å²) >= 11 is 0. The molecule has 0 bridgehead atoms. The van der Waals surface area contributed by atoms with Gasteiger partial charge in [-0.15, -0.1) is 12.4 Å². The van der Waals surface area contributed by atoms with E-state index in [2.05, 4.69) is 24.4 Å². The summed E-state index contributed by atoms with van der Waals surface area (Å²) in [6.07, 6.45) is 3.26. The molecule has 2 atom stereocenters. The van der Waals surface area contributed by atoms with Crippen molar-refractivity contribution in [3.8, 4) is 5.75 Å². The fourth-order valence-electron chi connectivity index (χ4n) is 3.53. The third-order valence-electron chi connectivity index (χ3n) is 5.07. The zero-order valence-corrected chi connectivity index (χ0v) is 14.6. The Kier molecular flexibility index (Phi) is 6.72. The molecule has 1 amide bonds. The van der Waals surface area contributed by atoms with Crippen LogP contribution in [0.25, 0.3) is 0 Å². The maximum atomic E-state index is 12.4. The number of halogens is 1. The molecule has 0 spiro atoms. The van der Waals surface area contributed by atoms with Gasteiger partial charge < -0.3 is 15.0 Å². The number of amides is 1. The highest BCUT2D eigenvalue weighted by Crippen LogP contribution is 2.27. The quantitative estimate of drug-likeness (QED) is 0.917. The van der Waals surface area contributed by atoms with Gasteiger partial charge in [-0.25, -0.2) is 0 Å². The summed E-state index contributed by atoms with van der Waals surface area (Å²) in [6.45, 7) is 6.27. The molecule has 2 aliphatic rings. The number of hydrogen-bond donors (Lipinski definition) is 1. The molecule has 1 aromatic carbocycles. The van der Waals surface area contributed by atoms with Gasteiger partial charge in [0, 0.05) is 13.1 Å². The first-order valence-corrected chi connectivity index (χ1v) is 8.46. The summed E-state index contributed by atoms with van der Waals surface area (Å²) in [4.78, 5) is 14.3. The number of likely N-dealkylation sites (tertiary alicyclic amines) is 1. The Bertz CT molecular complexity index is 492. The lowest BCUT2D eigenvalue weighted by atomic mass is 9.92. The van der Waals surface area contributed by atoms with Gasteiger partial charge in [-0.05, 0) is 61.9 Å². The second kappa shape index (κ2) is 8.55. The van der Waals surface area contributed by atoms with E-state index in [-0.39, 0.29) is 24.9 Å². The second-order valence-corrected chi connectivity index (χ2v) is 6.42. The lowest BCUT2D eigenvalue weighted by Crippen LogP contribution is -2.36. The van der Waals surface area contributed by atoms with Crippen LogP contribution in [0.1, 0.15) is 25.3 Å². The summed E-state index contributed by atoms with van der Waals surface area (Å²) in [5, 5.41) is 3.46. The molecule has 2 aliphatic heterocycles. The van der Waals surface area contributed by atoms with Crippen molar-refractivity contribution in [1.82, 2.24) is 10.2 Å². The van der Waals surface area contributed by atoms with Gasteiger partial charge in [0.2, 0.25) is 0 Å². The SMILES string of the molecule is CCc1ccc(OCC(=O)N2CC[C@@H]3CNC[C@@H]3CC2)cc1.Cl. The first kappa shape index (κ1) is 18.1. The van der Waals surface area contributed by atoms with Gasteiger partial charge in [-0.2, -0.15) is 0 Å². The summed E-state index contributed by atoms with van der Waals surface area (Å²) in [7, 11) is 0. The molecule has 1 aromatic rings. The second-order valence-electron chi connectivity index (χ2n) is 6.42. The number of carbonyl (C=O) groups excluding carboxylic acids is 1. The standard InChI is InChI=1S/C18H26N2O2.ClH/c1-2-14-3-5-17(6-4-14)22-13-18(21)20-9-7-15-11-19-12-16(15)8-10-20;/h3-6,15-16,19H,2,7-13H2,1H3;1H/t15-,16+;. The van der Waals surface area contributed by atoms with Gasteiger partial charge in [-0.1, -0.05) is 19.1 Å². The van der Waals surface area contributed by atoms with E-state index in [0.29, 0.717) is 0 Å². The molecular weight excluding hydrogens is 312 g/mol. The number of benzene rings is 1. The normalized spacial score (nSPS) is 23.6. The average Bonchev–Trinajstić information content (AvgIpc) is 2.91. The van der Waals surface area contributed by atoms with Gasteiger partial charge in [0.15, 0.2) is 6.61 Å². The molecule has 0 aliphatic carbocycles. The number of rotatable bonds is 4. The van der Waals surface area contributed by atoms with Crippen LogP contribution in [0, 0.1) is 11.8 Å². The number of hydrogen-bond acceptors (Lipinski definition) is 3. The van der Waals surface area contributed by atoms with Crippen LogP contribution < -0.4 is 10.1 Å². The maximum absolute atomic E-state index is 12.4. The topological polar surface area (TPSA) is 41.6 Å². The Morgan fingerprint density at radius 2 is 1.78 bits per heavy atom. The van der Waals surface area contributed by atoms with Crippen molar-refractivity contribution < 1.29 is 9.53 Å². The van der Waals surface area contributed by atoms with Crippen molar-refractivity contribution in [1.29, 1.82) is 0 Å². The molecule has 0 radical (unpaired) electrons. The first-order valence-electron chi connectivity index (χ1n) is 8.46. The van der Waals surface area contributed by atoms with Gasteiger partial charge in [0.1, 0.15) is 5.75 Å². The lowest BCUT2D eigenvalue weighted by Gasteiger charge is -2.21. The van der Waals surface area contributed by atoms with E-state index in [1.165, 1.54) is 5.56 Å². The lowest BCUT2D eigenvalue weighted by molar-refractivity contribution is -0.133. The fraction of sp³-hybridized carbons (Fsp3) is 0.611. The Labute approximate surface area is 145 Å². The minimum absolute atomic E-state index is 0. The smallest absolute Gasteiger partial charge is 0.260 e. The molecular formula is C18H27ClN2O2. The van der Waals surface area contributed by atoms with Crippen molar-refractivity contribution in [2.24, 2.45) is 11.8 Å². The van der Waals surface area contributed by atoms with Gasteiger partial charge in [0.25, 0.3) is 5.91 Å². The third-order valence-corrected chi connectivity index (χ3v) is 5.07. The zero-order chi connectivity index (χ0) is 15.4. The van der Waals surface area contributed by atoms with Crippen molar-refractivity contribution in [2.75, 3.05) is 32.8 Å². The van der Waals surface area contributed by atoms with E-state index in [4.69, 9.17) is 4.74 Å². The van der Waals surface area contributed by atoms with E-state index in [1.54, 1.807) is 0 Å². The number of ether oxygens (including phenoxy) is 1. The Morgan fingerprint density at radius 1 is 1.17 bits per heavy atom. The number of nitrogens with zero attached hydrogens (tertiary/aromatic N) is 1. The molecule has 0 aromatic heterocycles. The molecule has 4 nitrogen and oxygen atoms in total. The predicted molar refractivity (Wildman–Crippen MR) is 94.2 cm³/mol. The highest BCUT2D eigenvalue weighted by Gasteiger charge is 2.31. The Morgan fingerprint density at radius 3 is 2.35 bits per heavy atom. The van der Waals surface area contributed by atoms with Crippen molar-refractivity contribution in [3.63, 3.8) is 0 Å². The van der Waals surface area contributed by atoms with Crippen LogP contribution in [0.15, 0.2) is 24.3 Å². The van der Waals surface area contributed by atoms with E-state index in [0.717, 1.165) is 63.0 Å². The van der Waals surface area contributed by atoms with Crippen LogP contribution in [0.2, 0.25) is 0 Å². The predicted octanol–water partition coefficient (Wildman–Crippen LogP) is 2.51. The van der Waals surface area contributed by atoms with Crippen molar-refractivity contribution in [3.05, 3.63) is 29.8 Å². The van der Waals surface area contributed by atoms with Crippen LogP contribution in [0.4, 0.5) is 0 Å². The summed E-state index contributed by atoms with van der Waals surface area (Å²) in [6, 6.07) is 8.01. The van der Waals surface area contributed by atoms with Crippen LogP contribution >= 0.6 is 12.4 Å². The van der Waals surface area contributed by atoms with Crippen LogP contribution in [-0.2, 0) is 11.2 Å². The number of carbonyl (C=O) groups is 1. The monoisotopic (exact) mass is 338 g/mol. The molecule has 23 heavy (non-hydrogen) atoms. The van der Waals surface area contributed by atoms with Crippen LogP contribution in [-0.4, -0.2) is 43.6 Å². The molecule has 2 fully saturated rings. The highest BCUT2D eigenvalue weighted by molar-refractivity contribution is 5.85. The molecule has 2 saturated heterocycles. The van der Waals surface area contributed by atoms with E-state index >= 15 is 0 Å². The third kappa shape index (κ3) is 4.61. The average molecular weight is 339 g/mol. The number of aryl methyl sites for hydroxylation is 1. The van der Waals surface area contributed by atoms with E-state index < -0.39 is 0 Å². The molecule has 1 N–H and O–H groups in total. The molecule has 128 valence electrons. The van der Waals surface area contributed by atoms with Gasteiger partial charge in [-0.3, -0.25) is 4.79 Å². The summed E-state index contributed by atoms with van der Waals surface area (Å²) in [5.74, 6) is 2.40. The molecule has 3 rings (SSSR count). The fourth-order valence-corrected chi connectivity index (χ4v) is 3.53. The molecule has 5 heteroatoms. The summed E-state index contributed by atoms with van der Waals surface area (Å²) < 4.78 is 5.65. The first-order chi connectivity index (χ1) is 10.8. The van der Waals surface area contributed by atoms with E-state index in [1.807, 2.05) is 17.0 Å². The minimum Gasteiger partial charge on any atom is -0.484 e. The molecule has 0 unspecified atom stereocenters. The largest absolute Gasteiger partial charge is 0.484 e. The van der Waals surface area contributed by atoms with Crippen molar-refractivity contribution in [2.45, 2.75) is 26.2 Å². The van der Waals surface area contributed by atoms with E-state index in [9.17, 15) is 4.79 Å². The summed E-state index contributed by atoms with van der Waals surface area (Å²) in [5.41, 5.74) is 1.28. The molecule has 2 heterocycles.